The SMILES string of the molecule is N#Cc1c(OCC2(NC=O)CC2)ncc2c1CC(C=O)C2. The Labute approximate surface area is 122 Å². The van der Waals surface area contributed by atoms with Crippen molar-refractivity contribution in [2.75, 3.05) is 6.61 Å². The molecule has 0 radical (unpaired) electrons. The van der Waals surface area contributed by atoms with Crippen molar-refractivity contribution in [3.63, 3.8) is 0 Å². The van der Waals surface area contributed by atoms with E-state index >= 15 is 0 Å². The molecule has 1 saturated carbocycles. The van der Waals surface area contributed by atoms with Gasteiger partial charge in [-0.3, -0.25) is 4.79 Å². The molecule has 21 heavy (non-hydrogen) atoms. The first-order valence-electron chi connectivity index (χ1n) is 6.91. The number of fused-ring (bicyclic) bond motifs is 1. The van der Waals surface area contributed by atoms with E-state index < -0.39 is 0 Å². The highest BCUT2D eigenvalue weighted by Gasteiger charge is 2.43. The molecule has 1 amide bonds. The Morgan fingerprint density at radius 2 is 2.29 bits per heavy atom. The maximum absolute atomic E-state index is 10.9. The zero-order valence-electron chi connectivity index (χ0n) is 11.5. The van der Waals surface area contributed by atoms with Crippen molar-refractivity contribution in [2.45, 2.75) is 31.2 Å². The second-order valence-corrected chi connectivity index (χ2v) is 5.69. The number of carbonyl (C=O) groups excluding carboxylic acids is 2. The van der Waals surface area contributed by atoms with E-state index in [0.717, 1.165) is 30.3 Å². The number of aromatic nitrogens is 1. The molecule has 0 spiro atoms. The minimum Gasteiger partial charge on any atom is -0.474 e. The van der Waals surface area contributed by atoms with Crippen LogP contribution in [0, 0.1) is 17.2 Å². The van der Waals surface area contributed by atoms with Gasteiger partial charge in [-0.05, 0) is 36.8 Å². The summed E-state index contributed by atoms with van der Waals surface area (Å²) < 4.78 is 5.66. The maximum Gasteiger partial charge on any atom is 0.232 e. The number of carbonyl (C=O) groups is 2. The number of ether oxygens (including phenoxy) is 1. The van der Waals surface area contributed by atoms with Gasteiger partial charge < -0.3 is 14.8 Å². The van der Waals surface area contributed by atoms with Crippen molar-refractivity contribution >= 4 is 12.7 Å². The lowest BCUT2D eigenvalue weighted by atomic mass is 10.1. The lowest BCUT2D eigenvalue weighted by Crippen LogP contribution is -2.36. The molecular formula is C15H15N3O3. The molecule has 6 heteroatoms. The molecule has 0 bridgehead atoms. The summed E-state index contributed by atoms with van der Waals surface area (Å²) >= 11 is 0. The zero-order valence-corrected chi connectivity index (χ0v) is 11.5. The highest BCUT2D eigenvalue weighted by Crippen LogP contribution is 2.37. The molecule has 3 rings (SSSR count). The third kappa shape index (κ3) is 2.47. The van der Waals surface area contributed by atoms with Crippen LogP contribution < -0.4 is 10.1 Å². The Hall–Kier alpha value is -2.42. The highest BCUT2D eigenvalue weighted by atomic mass is 16.5. The largest absolute Gasteiger partial charge is 0.474 e. The fourth-order valence-electron chi connectivity index (χ4n) is 2.73. The number of amides is 1. The Morgan fingerprint density at radius 3 is 2.90 bits per heavy atom. The molecule has 0 saturated heterocycles. The van der Waals surface area contributed by atoms with Crippen LogP contribution in [0.2, 0.25) is 0 Å². The van der Waals surface area contributed by atoms with E-state index in [-0.39, 0.29) is 11.5 Å². The number of nitrogens with zero attached hydrogens (tertiary/aromatic N) is 2. The third-order valence-corrected chi connectivity index (χ3v) is 4.20. The molecule has 1 N–H and O–H groups in total. The molecule has 6 nitrogen and oxygen atoms in total. The number of nitriles is 1. The standard InChI is InChI=1S/C15H15N3O3/c16-5-13-12-4-10(7-19)3-11(12)6-17-14(13)21-8-15(1-2-15)18-9-20/h6-7,9-10H,1-4,8H2,(H,18,20). The monoisotopic (exact) mass is 285 g/mol. The predicted molar refractivity (Wildman–Crippen MR) is 72.6 cm³/mol. The average Bonchev–Trinajstić information content (AvgIpc) is 3.13. The maximum atomic E-state index is 10.9. The van der Waals surface area contributed by atoms with Gasteiger partial charge in [0.25, 0.3) is 0 Å². The van der Waals surface area contributed by atoms with Crippen LogP contribution in [0.25, 0.3) is 0 Å². The summed E-state index contributed by atoms with van der Waals surface area (Å²) in [5.74, 6) is 0.220. The van der Waals surface area contributed by atoms with Crippen LogP contribution in [0.1, 0.15) is 29.5 Å². The van der Waals surface area contributed by atoms with Crippen LogP contribution in [-0.4, -0.2) is 29.8 Å². The molecule has 0 aromatic carbocycles. The fourth-order valence-corrected chi connectivity index (χ4v) is 2.73. The summed E-state index contributed by atoms with van der Waals surface area (Å²) in [6.45, 7) is 0.309. The zero-order chi connectivity index (χ0) is 14.9. The lowest BCUT2D eigenvalue weighted by molar-refractivity contribution is -0.111. The topological polar surface area (TPSA) is 92.1 Å². The summed E-state index contributed by atoms with van der Waals surface area (Å²) in [5.41, 5.74) is 1.93. The Bertz CT molecular complexity index is 632. The quantitative estimate of drug-likeness (QED) is 0.769. The molecule has 1 fully saturated rings. The normalized spacial score (nSPS) is 21.0. The third-order valence-electron chi connectivity index (χ3n) is 4.20. The Balaban J connectivity index is 1.80. The van der Waals surface area contributed by atoms with Crippen molar-refractivity contribution in [3.8, 4) is 11.9 Å². The minimum absolute atomic E-state index is 0.0735. The number of rotatable bonds is 6. The number of aldehydes is 1. The van der Waals surface area contributed by atoms with Crippen LogP contribution >= 0.6 is 0 Å². The van der Waals surface area contributed by atoms with Gasteiger partial charge in [-0.25, -0.2) is 4.98 Å². The predicted octanol–water partition coefficient (Wildman–Crippen LogP) is 0.524. The van der Waals surface area contributed by atoms with Crippen LogP contribution in [0.5, 0.6) is 5.88 Å². The number of nitrogens with one attached hydrogen (secondary N) is 1. The van der Waals surface area contributed by atoms with Gasteiger partial charge in [0, 0.05) is 12.1 Å². The van der Waals surface area contributed by atoms with Gasteiger partial charge in [0.1, 0.15) is 24.5 Å². The van der Waals surface area contributed by atoms with E-state index in [4.69, 9.17) is 4.74 Å². The second kappa shape index (κ2) is 5.17. The summed E-state index contributed by atoms with van der Waals surface area (Å²) in [7, 11) is 0. The van der Waals surface area contributed by atoms with Crippen molar-refractivity contribution in [3.05, 3.63) is 22.9 Å². The molecule has 2 aliphatic rings. The van der Waals surface area contributed by atoms with E-state index in [1.165, 1.54) is 0 Å². The second-order valence-electron chi connectivity index (χ2n) is 5.69. The first-order valence-corrected chi connectivity index (χ1v) is 6.91. The van der Waals surface area contributed by atoms with Gasteiger partial charge in [0.2, 0.25) is 12.3 Å². The first kappa shape index (κ1) is 13.6. The van der Waals surface area contributed by atoms with Crippen molar-refractivity contribution < 1.29 is 14.3 Å². The molecule has 0 aliphatic heterocycles. The molecular weight excluding hydrogens is 270 g/mol. The van der Waals surface area contributed by atoms with Gasteiger partial charge in [0.05, 0.1) is 5.54 Å². The summed E-state index contributed by atoms with van der Waals surface area (Å²) in [6.07, 6.45) is 6.22. The summed E-state index contributed by atoms with van der Waals surface area (Å²) in [5, 5.41) is 12.1. The molecule has 1 unspecified atom stereocenters. The van der Waals surface area contributed by atoms with Crippen molar-refractivity contribution in [1.29, 1.82) is 5.26 Å². The van der Waals surface area contributed by atoms with E-state index in [9.17, 15) is 14.9 Å². The van der Waals surface area contributed by atoms with E-state index in [1.807, 2.05) is 0 Å². The smallest absolute Gasteiger partial charge is 0.232 e. The highest BCUT2D eigenvalue weighted by molar-refractivity contribution is 5.61. The molecule has 108 valence electrons. The average molecular weight is 285 g/mol. The van der Waals surface area contributed by atoms with Crippen molar-refractivity contribution in [1.82, 2.24) is 10.3 Å². The van der Waals surface area contributed by atoms with Gasteiger partial charge in [-0.2, -0.15) is 5.26 Å². The van der Waals surface area contributed by atoms with Crippen LogP contribution in [0.3, 0.4) is 0 Å². The first-order chi connectivity index (χ1) is 10.2. The number of hydrogen-bond donors (Lipinski definition) is 1. The minimum atomic E-state index is -0.305. The van der Waals surface area contributed by atoms with Gasteiger partial charge in [0.15, 0.2) is 0 Å². The number of hydrogen-bond acceptors (Lipinski definition) is 5. The lowest BCUT2D eigenvalue weighted by Gasteiger charge is -2.16. The van der Waals surface area contributed by atoms with Crippen molar-refractivity contribution in [2.24, 2.45) is 5.92 Å². The number of pyridine rings is 1. The van der Waals surface area contributed by atoms with Gasteiger partial charge in [-0.1, -0.05) is 0 Å². The molecule has 1 atom stereocenters. The Morgan fingerprint density at radius 1 is 1.48 bits per heavy atom. The van der Waals surface area contributed by atoms with Crippen LogP contribution in [0.4, 0.5) is 0 Å². The molecule has 2 aliphatic carbocycles. The van der Waals surface area contributed by atoms with Crippen LogP contribution in [0.15, 0.2) is 6.20 Å². The molecule has 1 heterocycles. The molecule has 1 aromatic heterocycles. The summed E-state index contributed by atoms with van der Waals surface area (Å²) in [4.78, 5) is 25.7. The van der Waals surface area contributed by atoms with E-state index in [1.54, 1.807) is 6.20 Å². The fraction of sp³-hybridized carbons (Fsp3) is 0.467. The Kier molecular flexibility index (Phi) is 3.34. The van der Waals surface area contributed by atoms with E-state index in [0.29, 0.717) is 37.3 Å². The van der Waals surface area contributed by atoms with E-state index in [2.05, 4.69) is 16.4 Å². The van der Waals surface area contributed by atoms with Gasteiger partial charge in [-0.15, -0.1) is 0 Å². The summed E-state index contributed by atoms with van der Waals surface area (Å²) in [6, 6.07) is 2.14. The van der Waals surface area contributed by atoms with Gasteiger partial charge >= 0.3 is 0 Å². The molecule has 1 aromatic rings. The van der Waals surface area contributed by atoms with Crippen LogP contribution in [-0.2, 0) is 22.4 Å².